The second-order valence-electron chi connectivity index (χ2n) is 4.97. The molecule has 1 aromatic heterocycles. The molecule has 1 unspecified atom stereocenters. The van der Waals surface area contributed by atoms with Gasteiger partial charge >= 0.3 is 5.97 Å². The molecule has 0 amide bonds. The molecular weight excluding hydrogens is 256 g/mol. The summed E-state index contributed by atoms with van der Waals surface area (Å²) in [4.78, 5) is 11.4. The predicted octanol–water partition coefficient (Wildman–Crippen LogP) is 2.51. The Morgan fingerprint density at radius 1 is 1.40 bits per heavy atom. The van der Waals surface area contributed by atoms with E-state index < -0.39 is 0 Å². The summed E-state index contributed by atoms with van der Waals surface area (Å²) in [5, 5.41) is 4.02. The van der Waals surface area contributed by atoms with Crippen LogP contribution in [0, 0.1) is 0 Å². The molecular formula is C15H16N2O3. The molecule has 1 atom stereocenters. The average Bonchev–Trinajstić information content (AvgIpc) is 2.88. The molecule has 3 rings (SSSR count). The average molecular weight is 272 g/mol. The van der Waals surface area contributed by atoms with E-state index in [0.717, 1.165) is 36.1 Å². The third-order valence-electron chi connectivity index (χ3n) is 3.82. The minimum Gasteiger partial charge on any atom is -0.465 e. The van der Waals surface area contributed by atoms with Crippen LogP contribution >= 0.6 is 0 Å². The van der Waals surface area contributed by atoms with Crippen molar-refractivity contribution in [3.63, 3.8) is 0 Å². The van der Waals surface area contributed by atoms with Gasteiger partial charge in [-0.05, 0) is 37.0 Å². The Balaban J connectivity index is 1.94. The van der Waals surface area contributed by atoms with E-state index in [-0.39, 0.29) is 11.9 Å². The van der Waals surface area contributed by atoms with Crippen LogP contribution in [0.15, 0.2) is 28.8 Å². The minimum atomic E-state index is -0.328. The third kappa shape index (κ3) is 2.05. The number of fused-ring (bicyclic) bond motifs is 1. The first-order chi connectivity index (χ1) is 9.70. The van der Waals surface area contributed by atoms with Gasteiger partial charge in [0.15, 0.2) is 0 Å². The first-order valence-corrected chi connectivity index (χ1v) is 6.63. The third-order valence-corrected chi connectivity index (χ3v) is 3.82. The first kappa shape index (κ1) is 12.7. The molecule has 5 nitrogen and oxygen atoms in total. The fourth-order valence-corrected chi connectivity index (χ4v) is 2.82. The van der Waals surface area contributed by atoms with Crippen molar-refractivity contribution in [2.45, 2.75) is 25.2 Å². The lowest BCUT2D eigenvalue weighted by Gasteiger charge is -2.21. The van der Waals surface area contributed by atoms with Crippen molar-refractivity contribution >= 4 is 11.9 Å². The molecule has 0 spiro atoms. The van der Waals surface area contributed by atoms with Gasteiger partial charge in [-0.1, -0.05) is 17.3 Å². The molecule has 0 fully saturated rings. The molecule has 1 aliphatic rings. The Labute approximate surface area is 116 Å². The summed E-state index contributed by atoms with van der Waals surface area (Å²) in [5.74, 6) is 0.267. The first-order valence-electron chi connectivity index (χ1n) is 6.63. The van der Waals surface area contributed by atoms with Gasteiger partial charge in [-0.25, -0.2) is 4.79 Å². The minimum absolute atomic E-state index is 0.191. The predicted molar refractivity (Wildman–Crippen MR) is 73.5 cm³/mol. The van der Waals surface area contributed by atoms with Crippen LogP contribution in [-0.4, -0.2) is 18.2 Å². The van der Waals surface area contributed by atoms with Crippen molar-refractivity contribution in [1.29, 1.82) is 0 Å². The smallest absolute Gasteiger partial charge is 0.337 e. The van der Waals surface area contributed by atoms with Gasteiger partial charge in [0.25, 0.3) is 0 Å². The standard InChI is InChI=1S/C15H16N2O3/c1-19-15(18)10-7-5-9(6-8-10)11-3-2-4-12-13(11)14(16)20-17-12/h5-8,11H,2-4,16H2,1H3. The molecule has 1 aliphatic carbocycles. The number of hydrogen-bond acceptors (Lipinski definition) is 5. The van der Waals surface area contributed by atoms with Gasteiger partial charge in [-0.3, -0.25) is 0 Å². The van der Waals surface area contributed by atoms with Gasteiger partial charge in [0.1, 0.15) is 0 Å². The Bertz CT molecular complexity index is 631. The van der Waals surface area contributed by atoms with Crippen molar-refractivity contribution < 1.29 is 14.1 Å². The lowest BCUT2D eigenvalue weighted by atomic mass is 9.81. The Hall–Kier alpha value is -2.30. The van der Waals surface area contributed by atoms with Crippen LogP contribution in [0.3, 0.4) is 0 Å². The van der Waals surface area contributed by atoms with Crippen molar-refractivity contribution in [2.75, 3.05) is 12.8 Å². The number of esters is 1. The van der Waals surface area contributed by atoms with Crippen molar-refractivity contribution in [3.8, 4) is 0 Å². The molecule has 2 N–H and O–H groups in total. The Morgan fingerprint density at radius 3 is 2.85 bits per heavy atom. The second kappa shape index (κ2) is 5.00. The zero-order valence-electron chi connectivity index (χ0n) is 11.3. The molecule has 0 saturated carbocycles. The number of anilines is 1. The van der Waals surface area contributed by atoms with Crippen LogP contribution in [0.1, 0.15) is 45.9 Å². The van der Waals surface area contributed by atoms with E-state index >= 15 is 0 Å². The maximum absolute atomic E-state index is 11.4. The van der Waals surface area contributed by atoms with Gasteiger partial charge < -0.3 is 15.0 Å². The van der Waals surface area contributed by atoms with Crippen molar-refractivity contribution in [3.05, 3.63) is 46.6 Å². The van der Waals surface area contributed by atoms with E-state index in [1.54, 1.807) is 12.1 Å². The van der Waals surface area contributed by atoms with Crippen LogP contribution < -0.4 is 5.73 Å². The number of nitrogens with zero attached hydrogens (tertiary/aromatic N) is 1. The SMILES string of the molecule is COC(=O)c1ccc(C2CCCc3noc(N)c32)cc1. The van der Waals surface area contributed by atoms with Gasteiger partial charge in [0.2, 0.25) is 5.88 Å². The van der Waals surface area contributed by atoms with E-state index in [0.29, 0.717) is 11.4 Å². The van der Waals surface area contributed by atoms with E-state index in [1.165, 1.54) is 7.11 Å². The highest BCUT2D eigenvalue weighted by Crippen LogP contribution is 2.39. The number of carbonyl (C=O) groups excluding carboxylic acids is 1. The monoisotopic (exact) mass is 272 g/mol. The largest absolute Gasteiger partial charge is 0.465 e. The normalized spacial score (nSPS) is 17.6. The van der Waals surface area contributed by atoms with Crippen molar-refractivity contribution in [2.24, 2.45) is 0 Å². The van der Waals surface area contributed by atoms with Gasteiger partial charge in [0.05, 0.1) is 18.4 Å². The van der Waals surface area contributed by atoms with Crippen LogP contribution in [0.4, 0.5) is 5.88 Å². The quantitative estimate of drug-likeness (QED) is 0.850. The zero-order valence-corrected chi connectivity index (χ0v) is 11.3. The molecule has 20 heavy (non-hydrogen) atoms. The summed E-state index contributed by atoms with van der Waals surface area (Å²) in [7, 11) is 1.38. The topological polar surface area (TPSA) is 78.3 Å². The maximum Gasteiger partial charge on any atom is 0.337 e. The Morgan fingerprint density at radius 2 is 2.15 bits per heavy atom. The lowest BCUT2D eigenvalue weighted by molar-refractivity contribution is 0.0600. The van der Waals surface area contributed by atoms with Crippen molar-refractivity contribution in [1.82, 2.24) is 5.16 Å². The summed E-state index contributed by atoms with van der Waals surface area (Å²) in [6.07, 6.45) is 2.98. The second-order valence-corrected chi connectivity index (χ2v) is 4.97. The number of aromatic nitrogens is 1. The summed E-state index contributed by atoms with van der Waals surface area (Å²) in [5.41, 5.74) is 9.51. The van der Waals surface area contributed by atoms with Crippen LogP contribution in [0.5, 0.6) is 0 Å². The van der Waals surface area contributed by atoms with Crippen LogP contribution in [0.2, 0.25) is 0 Å². The number of nitrogen functional groups attached to an aromatic ring is 1. The van der Waals surface area contributed by atoms with Gasteiger partial charge in [-0.2, -0.15) is 0 Å². The summed E-state index contributed by atoms with van der Waals surface area (Å²) < 4.78 is 9.80. The molecule has 0 aliphatic heterocycles. The van der Waals surface area contributed by atoms with Crippen LogP contribution in [-0.2, 0) is 11.2 Å². The fourth-order valence-electron chi connectivity index (χ4n) is 2.82. The molecule has 1 aromatic carbocycles. The summed E-state index contributed by atoms with van der Waals surface area (Å²) >= 11 is 0. The molecule has 0 saturated heterocycles. The summed E-state index contributed by atoms with van der Waals surface area (Å²) in [6, 6.07) is 7.44. The zero-order chi connectivity index (χ0) is 14.1. The van der Waals surface area contributed by atoms with Crippen LogP contribution in [0.25, 0.3) is 0 Å². The Kier molecular flexibility index (Phi) is 3.18. The highest BCUT2D eigenvalue weighted by molar-refractivity contribution is 5.89. The number of benzene rings is 1. The molecule has 5 heteroatoms. The number of methoxy groups -OCH3 is 1. The maximum atomic E-state index is 11.4. The lowest BCUT2D eigenvalue weighted by Crippen LogP contribution is -2.11. The van der Waals surface area contributed by atoms with Gasteiger partial charge in [-0.15, -0.1) is 0 Å². The molecule has 0 radical (unpaired) electrons. The molecule has 0 bridgehead atoms. The fraction of sp³-hybridized carbons (Fsp3) is 0.333. The molecule has 1 heterocycles. The van der Waals surface area contributed by atoms with E-state index in [2.05, 4.69) is 5.16 Å². The highest BCUT2D eigenvalue weighted by atomic mass is 16.5. The van der Waals surface area contributed by atoms with Gasteiger partial charge in [0, 0.05) is 11.5 Å². The highest BCUT2D eigenvalue weighted by Gasteiger charge is 2.28. The molecule has 2 aromatic rings. The molecule has 104 valence electrons. The van der Waals surface area contributed by atoms with E-state index in [1.807, 2.05) is 12.1 Å². The number of carbonyl (C=O) groups is 1. The number of rotatable bonds is 2. The van der Waals surface area contributed by atoms with E-state index in [9.17, 15) is 4.79 Å². The number of nitrogens with two attached hydrogens (primary N) is 1. The van der Waals surface area contributed by atoms with E-state index in [4.69, 9.17) is 15.0 Å². The number of hydrogen-bond donors (Lipinski definition) is 1. The summed E-state index contributed by atoms with van der Waals surface area (Å²) in [6.45, 7) is 0. The number of aryl methyl sites for hydroxylation is 1. The number of ether oxygens (including phenoxy) is 1.